The Bertz CT molecular complexity index is 797. The summed E-state index contributed by atoms with van der Waals surface area (Å²) in [5, 5.41) is 5.90. The second-order valence-electron chi connectivity index (χ2n) is 5.47. The predicted molar refractivity (Wildman–Crippen MR) is 88.8 cm³/mol. The van der Waals surface area contributed by atoms with Gasteiger partial charge in [0.2, 0.25) is 11.7 Å². The first-order valence-electron chi connectivity index (χ1n) is 7.70. The summed E-state index contributed by atoms with van der Waals surface area (Å²) in [6.07, 6.45) is -4.36. The van der Waals surface area contributed by atoms with Gasteiger partial charge in [-0.3, -0.25) is 4.90 Å². The summed E-state index contributed by atoms with van der Waals surface area (Å²) in [6.45, 7) is 4.13. The number of rotatable bonds is 6. The molecule has 0 bridgehead atoms. The van der Waals surface area contributed by atoms with E-state index in [1.807, 2.05) is 18.4 Å². The van der Waals surface area contributed by atoms with E-state index in [0.717, 1.165) is 25.2 Å². The summed E-state index contributed by atoms with van der Waals surface area (Å²) in [7, 11) is 0. The van der Waals surface area contributed by atoms with E-state index in [1.54, 1.807) is 11.3 Å². The Morgan fingerprint density at radius 3 is 2.48 bits per heavy atom. The monoisotopic (exact) mass is 367 g/mol. The van der Waals surface area contributed by atoms with Crippen LogP contribution in [0, 0.1) is 0 Å². The molecular formula is C17H16F3N3OS. The molecule has 0 saturated carbocycles. The first kappa shape index (κ1) is 17.6. The van der Waals surface area contributed by atoms with Gasteiger partial charge in [-0.2, -0.15) is 18.2 Å². The van der Waals surface area contributed by atoms with E-state index in [-0.39, 0.29) is 5.82 Å². The number of hydrogen-bond donors (Lipinski definition) is 0. The lowest BCUT2D eigenvalue weighted by Gasteiger charge is -2.16. The largest absolute Gasteiger partial charge is 0.416 e. The van der Waals surface area contributed by atoms with E-state index in [9.17, 15) is 13.2 Å². The molecule has 0 radical (unpaired) electrons. The minimum Gasteiger partial charge on any atom is -0.338 e. The standard InChI is InChI=1S/C17H16F3N3OS/c1-2-23(10-14-4-3-9-25-14)11-15-21-16(22-24-15)12-5-7-13(8-6-12)17(18,19)20/h3-9H,2,10-11H2,1H3. The number of halogens is 3. The van der Waals surface area contributed by atoms with Crippen LogP contribution < -0.4 is 0 Å². The van der Waals surface area contributed by atoms with Gasteiger partial charge in [0.25, 0.3) is 0 Å². The lowest BCUT2D eigenvalue weighted by Crippen LogP contribution is -2.21. The molecule has 132 valence electrons. The zero-order valence-corrected chi connectivity index (χ0v) is 14.3. The van der Waals surface area contributed by atoms with E-state index < -0.39 is 11.7 Å². The van der Waals surface area contributed by atoms with E-state index in [1.165, 1.54) is 17.0 Å². The molecule has 0 fully saturated rings. The first-order valence-corrected chi connectivity index (χ1v) is 8.58. The summed E-state index contributed by atoms with van der Waals surface area (Å²) in [5.41, 5.74) is -0.211. The van der Waals surface area contributed by atoms with Gasteiger partial charge in [-0.15, -0.1) is 11.3 Å². The maximum Gasteiger partial charge on any atom is 0.416 e. The number of aromatic nitrogens is 2. The Kier molecular flexibility index (Phi) is 5.19. The van der Waals surface area contributed by atoms with Crippen LogP contribution in [0.25, 0.3) is 11.4 Å². The number of benzene rings is 1. The zero-order valence-electron chi connectivity index (χ0n) is 13.5. The smallest absolute Gasteiger partial charge is 0.338 e. The van der Waals surface area contributed by atoms with Crippen molar-refractivity contribution in [2.24, 2.45) is 0 Å². The van der Waals surface area contributed by atoms with Crippen LogP contribution in [0.5, 0.6) is 0 Å². The summed E-state index contributed by atoms with van der Waals surface area (Å²) in [4.78, 5) is 7.68. The highest BCUT2D eigenvalue weighted by atomic mass is 32.1. The maximum absolute atomic E-state index is 12.6. The number of alkyl halides is 3. The molecule has 0 saturated heterocycles. The molecule has 0 aliphatic carbocycles. The van der Waals surface area contributed by atoms with Crippen LogP contribution in [0.3, 0.4) is 0 Å². The summed E-state index contributed by atoms with van der Waals surface area (Å²) >= 11 is 1.68. The van der Waals surface area contributed by atoms with E-state index in [0.29, 0.717) is 18.0 Å². The van der Waals surface area contributed by atoms with Crippen molar-refractivity contribution < 1.29 is 17.7 Å². The van der Waals surface area contributed by atoms with Gasteiger partial charge >= 0.3 is 6.18 Å². The molecule has 25 heavy (non-hydrogen) atoms. The van der Waals surface area contributed by atoms with Crippen LogP contribution >= 0.6 is 11.3 Å². The molecule has 0 aliphatic rings. The van der Waals surface area contributed by atoms with Crippen molar-refractivity contribution in [1.82, 2.24) is 15.0 Å². The van der Waals surface area contributed by atoms with Gasteiger partial charge in [0.05, 0.1) is 12.1 Å². The molecule has 4 nitrogen and oxygen atoms in total. The van der Waals surface area contributed by atoms with Crippen LogP contribution in [0.2, 0.25) is 0 Å². The topological polar surface area (TPSA) is 42.2 Å². The molecule has 0 spiro atoms. The van der Waals surface area contributed by atoms with Crippen LogP contribution in [-0.4, -0.2) is 21.6 Å². The Morgan fingerprint density at radius 2 is 1.88 bits per heavy atom. The lowest BCUT2D eigenvalue weighted by atomic mass is 10.1. The van der Waals surface area contributed by atoms with Gasteiger partial charge in [0.1, 0.15) is 0 Å². The minimum atomic E-state index is -4.36. The zero-order chi connectivity index (χ0) is 17.9. The van der Waals surface area contributed by atoms with Crippen LogP contribution in [0.1, 0.15) is 23.3 Å². The highest BCUT2D eigenvalue weighted by Gasteiger charge is 2.30. The average Bonchev–Trinajstić information content (AvgIpc) is 3.25. The fourth-order valence-corrected chi connectivity index (χ4v) is 3.08. The number of hydrogen-bond acceptors (Lipinski definition) is 5. The fourth-order valence-electron chi connectivity index (χ4n) is 2.34. The van der Waals surface area contributed by atoms with E-state index in [4.69, 9.17) is 4.52 Å². The Labute approximate surface area is 146 Å². The predicted octanol–water partition coefficient (Wildman–Crippen LogP) is 4.84. The third-order valence-electron chi connectivity index (χ3n) is 3.70. The van der Waals surface area contributed by atoms with Crippen LogP contribution in [0.15, 0.2) is 46.3 Å². The molecular weight excluding hydrogens is 351 g/mol. The Morgan fingerprint density at radius 1 is 1.12 bits per heavy atom. The third kappa shape index (κ3) is 4.46. The van der Waals surface area contributed by atoms with Gasteiger partial charge in [-0.05, 0) is 30.1 Å². The number of thiophene rings is 1. The van der Waals surface area contributed by atoms with Gasteiger partial charge in [0, 0.05) is 17.0 Å². The van der Waals surface area contributed by atoms with Gasteiger partial charge < -0.3 is 4.52 Å². The van der Waals surface area contributed by atoms with Gasteiger partial charge in [-0.25, -0.2) is 0 Å². The molecule has 0 unspecified atom stereocenters. The minimum absolute atomic E-state index is 0.288. The van der Waals surface area contributed by atoms with Crippen LogP contribution in [-0.2, 0) is 19.3 Å². The highest BCUT2D eigenvalue weighted by Crippen LogP contribution is 2.30. The maximum atomic E-state index is 12.6. The number of nitrogens with zero attached hydrogens (tertiary/aromatic N) is 3. The molecule has 3 rings (SSSR count). The molecule has 0 amide bonds. The van der Waals surface area contributed by atoms with Crippen molar-refractivity contribution >= 4 is 11.3 Å². The van der Waals surface area contributed by atoms with Crippen molar-refractivity contribution in [3.8, 4) is 11.4 Å². The molecule has 2 heterocycles. The molecule has 0 atom stereocenters. The normalized spacial score (nSPS) is 12.0. The molecule has 0 aliphatic heterocycles. The molecule has 0 N–H and O–H groups in total. The fraction of sp³-hybridized carbons (Fsp3) is 0.294. The van der Waals surface area contributed by atoms with Gasteiger partial charge in [0.15, 0.2) is 0 Å². The average molecular weight is 367 g/mol. The summed E-state index contributed by atoms with van der Waals surface area (Å²) in [6, 6.07) is 8.79. The summed E-state index contributed by atoms with van der Waals surface area (Å²) < 4.78 is 43.1. The second kappa shape index (κ2) is 7.37. The summed E-state index contributed by atoms with van der Waals surface area (Å²) in [5.74, 6) is 0.726. The second-order valence-corrected chi connectivity index (χ2v) is 6.50. The first-order chi connectivity index (χ1) is 12.0. The van der Waals surface area contributed by atoms with Crippen molar-refractivity contribution in [3.63, 3.8) is 0 Å². The lowest BCUT2D eigenvalue weighted by molar-refractivity contribution is -0.137. The van der Waals surface area contributed by atoms with Crippen LogP contribution in [0.4, 0.5) is 13.2 Å². The highest BCUT2D eigenvalue weighted by molar-refractivity contribution is 7.09. The molecule has 2 aromatic heterocycles. The van der Waals surface area contributed by atoms with Crippen molar-refractivity contribution in [2.75, 3.05) is 6.54 Å². The molecule has 8 heteroatoms. The Hall–Kier alpha value is -2.19. The van der Waals surface area contributed by atoms with Gasteiger partial charge in [-0.1, -0.05) is 30.3 Å². The van der Waals surface area contributed by atoms with E-state index >= 15 is 0 Å². The SMILES string of the molecule is CCN(Cc1nc(-c2ccc(C(F)(F)F)cc2)no1)Cc1cccs1. The Balaban J connectivity index is 1.69. The molecule has 3 aromatic rings. The quantitative estimate of drug-likeness (QED) is 0.625. The third-order valence-corrected chi connectivity index (χ3v) is 4.57. The van der Waals surface area contributed by atoms with E-state index in [2.05, 4.69) is 21.1 Å². The molecule has 1 aromatic carbocycles. The van der Waals surface area contributed by atoms with Crippen molar-refractivity contribution in [3.05, 3.63) is 58.1 Å². The van der Waals surface area contributed by atoms with Crippen molar-refractivity contribution in [2.45, 2.75) is 26.2 Å². The van der Waals surface area contributed by atoms with Crippen molar-refractivity contribution in [1.29, 1.82) is 0 Å².